The fraction of sp³-hybridized carbons (Fsp3) is 0.391. The Morgan fingerprint density at radius 3 is 2.45 bits per heavy atom. The molecule has 6 heteroatoms. The van der Waals surface area contributed by atoms with E-state index >= 15 is 0 Å². The lowest BCUT2D eigenvalue weighted by Gasteiger charge is -2.10. The van der Waals surface area contributed by atoms with Crippen LogP contribution in [0.25, 0.3) is 16.4 Å². The third-order valence-electron chi connectivity index (χ3n) is 4.95. The fourth-order valence-electron chi connectivity index (χ4n) is 3.42. The maximum absolute atomic E-state index is 12.8. The molecule has 154 valence electrons. The van der Waals surface area contributed by atoms with Crippen LogP contribution >= 0.6 is 0 Å². The molecule has 0 amide bonds. The number of benzene rings is 1. The normalized spacial score (nSPS) is 11.7. The molecule has 2 heterocycles. The number of rotatable bonds is 9. The van der Waals surface area contributed by atoms with Crippen LogP contribution in [0, 0.1) is 0 Å². The first-order chi connectivity index (χ1) is 13.9. The van der Waals surface area contributed by atoms with Crippen molar-refractivity contribution in [3.63, 3.8) is 0 Å². The summed E-state index contributed by atoms with van der Waals surface area (Å²) in [5.74, 6) is -0.217. The molecule has 3 rings (SSSR count). The number of fused-ring (bicyclic) bond motifs is 3. The van der Waals surface area contributed by atoms with E-state index in [9.17, 15) is 9.59 Å². The number of hydrogen-bond donors (Lipinski definition) is 0. The zero-order valence-electron chi connectivity index (χ0n) is 17.6. The molecule has 0 aliphatic heterocycles. The van der Waals surface area contributed by atoms with Crippen LogP contribution in [-0.2, 0) is 4.74 Å². The minimum Gasteiger partial charge on any atom is -0.461 e. The average Bonchev–Trinajstić information content (AvgIpc) is 3.01. The van der Waals surface area contributed by atoms with E-state index in [2.05, 4.69) is 4.90 Å². The molecule has 0 aliphatic rings. The number of carbonyl (C=O) groups excluding carboxylic acids is 2. The molecule has 0 saturated heterocycles. The van der Waals surface area contributed by atoms with Crippen LogP contribution in [0.1, 0.15) is 33.6 Å². The molecule has 0 fully saturated rings. The van der Waals surface area contributed by atoms with Crippen LogP contribution in [0.4, 0.5) is 0 Å². The number of esters is 1. The summed E-state index contributed by atoms with van der Waals surface area (Å²) in [7, 11) is 7.88. The lowest BCUT2D eigenvalue weighted by molar-refractivity contribution is 0.0486. The van der Waals surface area contributed by atoms with E-state index < -0.39 is 0 Å². The van der Waals surface area contributed by atoms with Crippen LogP contribution in [0.2, 0.25) is 0 Å². The number of nitrogens with zero attached hydrogens (tertiary/aromatic N) is 3. The van der Waals surface area contributed by atoms with E-state index in [-0.39, 0.29) is 11.8 Å². The van der Waals surface area contributed by atoms with Gasteiger partial charge in [-0.05, 0) is 59.4 Å². The molecule has 0 N–H and O–H groups in total. The summed E-state index contributed by atoms with van der Waals surface area (Å²) in [5, 5.41) is 0.802. The van der Waals surface area contributed by atoms with Gasteiger partial charge in [0.15, 0.2) is 5.78 Å². The molecule has 0 unspecified atom stereocenters. The highest BCUT2D eigenvalue weighted by Gasteiger charge is 2.20. The topological polar surface area (TPSA) is 54.3 Å². The van der Waals surface area contributed by atoms with Crippen LogP contribution in [0.5, 0.6) is 0 Å². The quantitative estimate of drug-likeness (QED) is 0.411. The molecule has 3 aromatic rings. The Hall–Kier alpha value is -2.70. The largest absolute Gasteiger partial charge is 0.461 e. The highest BCUT2D eigenvalue weighted by molar-refractivity contribution is 6.13. The van der Waals surface area contributed by atoms with Gasteiger partial charge in [0.1, 0.15) is 6.61 Å². The highest BCUT2D eigenvalue weighted by Crippen LogP contribution is 2.28. The number of pyridine rings is 1. The van der Waals surface area contributed by atoms with E-state index in [1.807, 2.05) is 80.1 Å². The maximum atomic E-state index is 12.8. The van der Waals surface area contributed by atoms with Crippen LogP contribution in [0.15, 0.2) is 42.6 Å². The number of Topliss-reactive ketones (excluding diaryl/α,β-unsaturated/α-hetero) is 1. The second kappa shape index (κ2) is 9.20. The molecule has 0 atom stereocenters. The van der Waals surface area contributed by atoms with E-state index in [0.717, 1.165) is 29.4 Å². The summed E-state index contributed by atoms with van der Waals surface area (Å²) in [5.41, 5.74) is 2.85. The number of likely N-dealkylation sites (N-methyl/N-ethyl adjacent to an activating group) is 1. The molecule has 0 spiro atoms. The summed E-state index contributed by atoms with van der Waals surface area (Å²) < 4.78 is 7.45. The maximum Gasteiger partial charge on any atom is 0.341 e. The zero-order chi connectivity index (χ0) is 21.0. The van der Waals surface area contributed by atoms with Gasteiger partial charge in [0.05, 0.1) is 16.6 Å². The van der Waals surface area contributed by atoms with Gasteiger partial charge in [0.2, 0.25) is 0 Å². The molecule has 0 bridgehead atoms. The molecular weight excluding hydrogens is 366 g/mol. The van der Waals surface area contributed by atoms with Gasteiger partial charge in [-0.1, -0.05) is 18.2 Å². The molecule has 0 radical (unpaired) electrons. The predicted octanol–water partition coefficient (Wildman–Crippen LogP) is 3.34. The summed E-state index contributed by atoms with van der Waals surface area (Å²) in [4.78, 5) is 29.5. The Labute approximate surface area is 171 Å². The Morgan fingerprint density at radius 1 is 0.966 bits per heavy atom. The third-order valence-corrected chi connectivity index (χ3v) is 4.95. The van der Waals surface area contributed by atoms with Crippen molar-refractivity contribution < 1.29 is 14.3 Å². The number of ketones is 1. The van der Waals surface area contributed by atoms with Crippen molar-refractivity contribution in [3.05, 3.63) is 53.7 Å². The molecule has 1 aromatic carbocycles. The van der Waals surface area contributed by atoms with Crippen molar-refractivity contribution in [1.82, 2.24) is 14.2 Å². The first kappa shape index (κ1) is 21.0. The summed E-state index contributed by atoms with van der Waals surface area (Å²) in [6.45, 7) is 1.88. The first-order valence-electron chi connectivity index (χ1n) is 9.91. The van der Waals surface area contributed by atoms with Gasteiger partial charge in [-0.25, -0.2) is 4.79 Å². The lowest BCUT2D eigenvalue weighted by Crippen LogP contribution is -2.20. The first-order valence-corrected chi connectivity index (χ1v) is 9.91. The van der Waals surface area contributed by atoms with Gasteiger partial charge in [-0.3, -0.25) is 4.79 Å². The van der Waals surface area contributed by atoms with Gasteiger partial charge in [0.25, 0.3) is 0 Å². The zero-order valence-corrected chi connectivity index (χ0v) is 17.6. The molecule has 29 heavy (non-hydrogen) atoms. The van der Waals surface area contributed by atoms with Crippen molar-refractivity contribution in [2.24, 2.45) is 0 Å². The molecule has 0 saturated carbocycles. The lowest BCUT2D eigenvalue weighted by atomic mass is 10.0. The monoisotopic (exact) mass is 395 g/mol. The van der Waals surface area contributed by atoms with Gasteiger partial charge in [0, 0.05) is 30.1 Å². The second-order valence-corrected chi connectivity index (χ2v) is 7.83. The fourth-order valence-corrected chi connectivity index (χ4v) is 3.42. The van der Waals surface area contributed by atoms with Crippen molar-refractivity contribution >= 4 is 28.2 Å². The van der Waals surface area contributed by atoms with Gasteiger partial charge >= 0.3 is 5.97 Å². The van der Waals surface area contributed by atoms with Crippen LogP contribution in [-0.4, -0.2) is 73.8 Å². The summed E-state index contributed by atoms with van der Waals surface area (Å²) in [6.07, 6.45) is 3.24. The van der Waals surface area contributed by atoms with Crippen LogP contribution < -0.4 is 0 Å². The minimum atomic E-state index is -0.337. The van der Waals surface area contributed by atoms with Crippen molar-refractivity contribution in [1.29, 1.82) is 0 Å². The van der Waals surface area contributed by atoms with Gasteiger partial charge < -0.3 is 18.9 Å². The second-order valence-electron chi connectivity index (χ2n) is 7.83. The average molecular weight is 396 g/mol. The Bertz CT molecular complexity index is 1020. The summed E-state index contributed by atoms with van der Waals surface area (Å²) in [6, 6.07) is 11.3. The SMILES string of the molecule is CN(C)CCCC(=O)c1ccc2c(C(=O)OCCN(C)C)c3ccccn3c2c1. The molecule has 0 aliphatic carbocycles. The number of carbonyl (C=O) groups is 2. The van der Waals surface area contributed by atoms with Gasteiger partial charge in [-0.2, -0.15) is 0 Å². The van der Waals surface area contributed by atoms with E-state index in [4.69, 9.17) is 4.74 Å². The van der Waals surface area contributed by atoms with Crippen molar-refractivity contribution in [2.45, 2.75) is 12.8 Å². The highest BCUT2D eigenvalue weighted by atomic mass is 16.5. The van der Waals surface area contributed by atoms with Crippen molar-refractivity contribution in [3.8, 4) is 0 Å². The smallest absolute Gasteiger partial charge is 0.341 e. The van der Waals surface area contributed by atoms with Crippen LogP contribution in [0.3, 0.4) is 0 Å². The van der Waals surface area contributed by atoms with Crippen molar-refractivity contribution in [2.75, 3.05) is 47.9 Å². The Morgan fingerprint density at radius 2 is 1.72 bits per heavy atom. The molecule has 2 aromatic heterocycles. The van der Waals surface area contributed by atoms with Gasteiger partial charge in [-0.15, -0.1) is 0 Å². The number of hydrogen-bond acceptors (Lipinski definition) is 5. The Kier molecular flexibility index (Phi) is 6.67. The van der Waals surface area contributed by atoms with E-state index in [0.29, 0.717) is 30.7 Å². The van der Waals surface area contributed by atoms with E-state index in [1.54, 1.807) is 0 Å². The molecular formula is C23H29N3O3. The minimum absolute atomic E-state index is 0.120. The predicted molar refractivity (Wildman–Crippen MR) is 116 cm³/mol. The summed E-state index contributed by atoms with van der Waals surface area (Å²) >= 11 is 0. The number of aromatic nitrogens is 1. The number of ether oxygens (including phenoxy) is 1. The van der Waals surface area contributed by atoms with E-state index in [1.165, 1.54) is 0 Å². The standard InChI is InChI=1S/C23H29N3O3/c1-24(2)12-7-9-21(27)17-10-11-18-20(16-17)26-13-6-5-8-19(26)22(18)23(28)29-15-14-25(3)4/h5-6,8,10-11,13,16H,7,9,12,14-15H2,1-4H3. The molecule has 6 nitrogen and oxygen atoms in total. The third kappa shape index (κ3) is 4.83. The Balaban J connectivity index is 1.94.